The summed E-state index contributed by atoms with van der Waals surface area (Å²) >= 11 is 3.59. The van der Waals surface area contributed by atoms with Crippen LogP contribution in [-0.2, 0) is 13.5 Å². The van der Waals surface area contributed by atoms with Gasteiger partial charge in [-0.1, -0.05) is 45.8 Å². The average Bonchev–Trinajstić information content (AvgIpc) is 2.78. The fraction of sp³-hybridized carbons (Fsp3) is 0.235. The highest BCUT2D eigenvalue weighted by atomic mass is 79.9. The molecule has 0 aliphatic carbocycles. The van der Waals surface area contributed by atoms with Gasteiger partial charge in [-0.05, 0) is 30.7 Å². The Morgan fingerprint density at radius 3 is 2.76 bits per heavy atom. The molecule has 0 amide bonds. The maximum absolute atomic E-state index is 6.40. The van der Waals surface area contributed by atoms with E-state index < -0.39 is 0 Å². The molecule has 4 heteroatoms. The molecule has 21 heavy (non-hydrogen) atoms. The summed E-state index contributed by atoms with van der Waals surface area (Å²) in [5, 5.41) is 0. The molecule has 1 unspecified atom stereocenters. The quantitative estimate of drug-likeness (QED) is 0.783. The highest BCUT2D eigenvalue weighted by Gasteiger charge is 2.15. The van der Waals surface area contributed by atoms with Crippen molar-refractivity contribution in [3.63, 3.8) is 0 Å². The van der Waals surface area contributed by atoms with Gasteiger partial charge in [-0.2, -0.15) is 0 Å². The molecule has 3 nitrogen and oxygen atoms in total. The molecule has 2 N–H and O–H groups in total. The van der Waals surface area contributed by atoms with Gasteiger partial charge < -0.3 is 10.3 Å². The summed E-state index contributed by atoms with van der Waals surface area (Å²) in [6.07, 6.45) is 0.716. The number of para-hydroxylation sites is 2. The largest absolute Gasteiger partial charge is 0.331 e. The molecule has 0 saturated heterocycles. The van der Waals surface area contributed by atoms with Gasteiger partial charge in [-0.25, -0.2) is 4.98 Å². The van der Waals surface area contributed by atoms with Gasteiger partial charge >= 0.3 is 0 Å². The SMILES string of the molecule is Cc1ccc(Br)c(C(N)Cc2nc3ccccc3n2C)c1. The lowest BCUT2D eigenvalue weighted by Gasteiger charge is -2.14. The Morgan fingerprint density at radius 1 is 1.24 bits per heavy atom. The fourth-order valence-electron chi connectivity index (χ4n) is 2.63. The number of rotatable bonds is 3. The Kier molecular flexibility index (Phi) is 3.83. The second-order valence-corrected chi connectivity index (χ2v) is 6.27. The van der Waals surface area contributed by atoms with Crippen molar-refractivity contribution in [3.05, 3.63) is 63.9 Å². The Morgan fingerprint density at radius 2 is 2.00 bits per heavy atom. The van der Waals surface area contributed by atoms with Crippen LogP contribution in [0.15, 0.2) is 46.9 Å². The molecule has 108 valence electrons. The van der Waals surface area contributed by atoms with Gasteiger partial charge in [0.05, 0.1) is 11.0 Å². The van der Waals surface area contributed by atoms with Crippen LogP contribution in [0.25, 0.3) is 11.0 Å². The summed E-state index contributed by atoms with van der Waals surface area (Å²) in [4.78, 5) is 4.70. The minimum Gasteiger partial charge on any atom is -0.331 e. The molecule has 1 heterocycles. The van der Waals surface area contributed by atoms with E-state index in [0.29, 0.717) is 6.42 Å². The molecule has 1 atom stereocenters. The number of hydrogen-bond acceptors (Lipinski definition) is 2. The number of fused-ring (bicyclic) bond motifs is 1. The summed E-state index contributed by atoms with van der Waals surface area (Å²) < 4.78 is 3.18. The van der Waals surface area contributed by atoms with E-state index in [-0.39, 0.29) is 6.04 Å². The number of imidazole rings is 1. The first-order valence-electron chi connectivity index (χ1n) is 6.98. The summed E-state index contributed by atoms with van der Waals surface area (Å²) in [5.74, 6) is 1.01. The summed E-state index contributed by atoms with van der Waals surface area (Å²) in [6.45, 7) is 2.08. The molecule has 0 aliphatic heterocycles. The van der Waals surface area contributed by atoms with Gasteiger partial charge in [-0.15, -0.1) is 0 Å². The maximum Gasteiger partial charge on any atom is 0.111 e. The molecule has 0 aliphatic rings. The predicted octanol–water partition coefficient (Wildman–Crippen LogP) is 3.89. The Balaban J connectivity index is 1.94. The van der Waals surface area contributed by atoms with Crippen molar-refractivity contribution in [3.8, 4) is 0 Å². The topological polar surface area (TPSA) is 43.8 Å². The van der Waals surface area contributed by atoms with Crippen LogP contribution < -0.4 is 5.73 Å². The standard InChI is InChI=1S/C17H18BrN3/c1-11-7-8-13(18)12(9-11)14(19)10-17-20-15-5-3-4-6-16(15)21(17)2/h3-9,14H,10,19H2,1-2H3. The Hall–Kier alpha value is -1.65. The van der Waals surface area contributed by atoms with Crippen molar-refractivity contribution < 1.29 is 0 Å². The Bertz CT molecular complexity index is 792. The van der Waals surface area contributed by atoms with Crippen LogP contribution in [-0.4, -0.2) is 9.55 Å². The molecule has 0 radical (unpaired) electrons. The molecule has 0 spiro atoms. The molecular formula is C17H18BrN3. The first-order chi connectivity index (χ1) is 10.1. The predicted molar refractivity (Wildman–Crippen MR) is 90.2 cm³/mol. The van der Waals surface area contributed by atoms with E-state index in [4.69, 9.17) is 10.7 Å². The molecule has 0 fully saturated rings. The van der Waals surface area contributed by atoms with Crippen LogP contribution in [0.5, 0.6) is 0 Å². The summed E-state index contributed by atoms with van der Waals surface area (Å²) in [7, 11) is 2.04. The third-order valence-corrected chi connectivity index (χ3v) is 4.56. The van der Waals surface area contributed by atoms with E-state index in [9.17, 15) is 0 Å². The van der Waals surface area contributed by atoms with Crippen LogP contribution in [0.1, 0.15) is 23.0 Å². The summed E-state index contributed by atoms with van der Waals surface area (Å²) in [6, 6.07) is 14.4. The van der Waals surface area contributed by atoms with E-state index in [1.165, 1.54) is 5.56 Å². The third kappa shape index (κ3) is 2.74. The van der Waals surface area contributed by atoms with Crippen molar-refractivity contribution in [2.24, 2.45) is 12.8 Å². The maximum atomic E-state index is 6.40. The van der Waals surface area contributed by atoms with E-state index in [1.54, 1.807) is 0 Å². The first kappa shape index (κ1) is 14.3. The van der Waals surface area contributed by atoms with Crippen molar-refractivity contribution >= 4 is 27.0 Å². The normalized spacial score (nSPS) is 12.8. The van der Waals surface area contributed by atoms with E-state index in [1.807, 2.05) is 25.2 Å². The van der Waals surface area contributed by atoms with Gasteiger partial charge in [0.15, 0.2) is 0 Å². The number of nitrogens with zero attached hydrogens (tertiary/aromatic N) is 2. The molecule has 1 aromatic heterocycles. The molecule has 0 bridgehead atoms. The number of hydrogen-bond donors (Lipinski definition) is 1. The fourth-order valence-corrected chi connectivity index (χ4v) is 3.17. The second-order valence-electron chi connectivity index (χ2n) is 5.41. The first-order valence-corrected chi connectivity index (χ1v) is 7.77. The van der Waals surface area contributed by atoms with E-state index in [2.05, 4.69) is 51.7 Å². The minimum atomic E-state index is -0.0743. The highest BCUT2D eigenvalue weighted by Crippen LogP contribution is 2.26. The van der Waals surface area contributed by atoms with Crippen LogP contribution >= 0.6 is 15.9 Å². The van der Waals surface area contributed by atoms with E-state index in [0.717, 1.165) is 26.9 Å². The van der Waals surface area contributed by atoms with Gasteiger partial charge in [0.25, 0.3) is 0 Å². The van der Waals surface area contributed by atoms with Crippen molar-refractivity contribution in [1.29, 1.82) is 0 Å². The average molecular weight is 344 g/mol. The monoisotopic (exact) mass is 343 g/mol. The summed E-state index contributed by atoms with van der Waals surface area (Å²) in [5.41, 5.74) is 10.9. The second kappa shape index (κ2) is 5.62. The van der Waals surface area contributed by atoms with Crippen molar-refractivity contribution in [2.45, 2.75) is 19.4 Å². The van der Waals surface area contributed by atoms with Crippen LogP contribution in [0, 0.1) is 6.92 Å². The molecular weight excluding hydrogens is 326 g/mol. The van der Waals surface area contributed by atoms with Gasteiger partial charge in [-0.3, -0.25) is 0 Å². The van der Waals surface area contributed by atoms with Gasteiger partial charge in [0.2, 0.25) is 0 Å². The minimum absolute atomic E-state index is 0.0743. The van der Waals surface area contributed by atoms with Crippen LogP contribution in [0.4, 0.5) is 0 Å². The smallest absolute Gasteiger partial charge is 0.111 e. The van der Waals surface area contributed by atoms with Gasteiger partial charge in [0, 0.05) is 24.0 Å². The number of halogens is 1. The zero-order valence-corrected chi connectivity index (χ0v) is 13.8. The number of benzene rings is 2. The Labute approximate surface area is 132 Å². The van der Waals surface area contributed by atoms with Crippen molar-refractivity contribution in [1.82, 2.24) is 9.55 Å². The van der Waals surface area contributed by atoms with E-state index >= 15 is 0 Å². The molecule has 2 aromatic carbocycles. The third-order valence-electron chi connectivity index (χ3n) is 3.83. The van der Waals surface area contributed by atoms with Crippen LogP contribution in [0.3, 0.4) is 0 Å². The number of aryl methyl sites for hydroxylation is 2. The zero-order valence-electron chi connectivity index (χ0n) is 12.2. The lowest BCUT2D eigenvalue weighted by molar-refractivity contribution is 0.662. The lowest BCUT2D eigenvalue weighted by Crippen LogP contribution is -2.16. The van der Waals surface area contributed by atoms with Crippen molar-refractivity contribution in [2.75, 3.05) is 0 Å². The van der Waals surface area contributed by atoms with Crippen LogP contribution in [0.2, 0.25) is 0 Å². The van der Waals surface area contributed by atoms with Gasteiger partial charge in [0.1, 0.15) is 5.82 Å². The molecule has 0 saturated carbocycles. The zero-order chi connectivity index (χ0) is 15.0. The number of nitrogens with two attached hydrogens (primary N) is 1. The molecule has 3 aromatic rings. The lowest BCUT2D eigenvalue weighted by atomic mass is 10.0. The molecule has 3 rings (SSSR count). The highest BCUT2D eigenvalue weighted by molar-refractivity contribution is 9.10. The number of aromatic nitrogens is 2.